The maximum absolute atomic E-state index is 5.50. The molecule has 2 aromatic heterocycles. The zero-order valence-corrected chi connectivity index (χ0v) is 16.1. The van der Waals surface area contributed by atoms with E-state index in [0.29, 0.717) is 0 Å². The lowest BCUT2D eigenvalue weighted by Crippen LogP contribution is -2.46. The highest BCUT2D eigenvalue weighted by atomic mass is 32.1. The van der Waals surface area contributed by atoms with Crippen molar-refractivity contribution in [3.05, 3.63) is 35.7 Å². The predicted molar refractivity (Wildman–Crippen MR) is 103 cm³/mol. The van der Waals surface area contributed by atoms with E-state index in [1.165, 1.54) is 0 Å². The Morgan fingerprint density at radius 3 is 2.62 bits per heavy atom. The van der Waals surface area contributed by atoms with Gasteiger partial charge in [-0.2, -0.15) is 0 Å². The highest BCUT2D eigenvalue weighted by Crippen LogP contribution is 2.27. The van der Waals surface area contributed by atoms with Gasteiger partial charge in [0.05, 0.1) is 26.1 Å². The fourth-order valence-electron chi connectivity index (χ4n) is 3.27. The Hall–Kier alpha value is -2.32. The zero-order valence-electron chi connectivity index (χ0n) is 15.3. The fourth-order valence-corrected chi connectivity index (χ4v) is 4.25. The number of anilines is 1. The second-order valence-electron chi connectivity index (χ2n) is 6.44. The summed E-state index contributed by atoms with van der Waals surface area (Å²) < 4.78 is 12.7. The summed E-state index contributed by atoms with van der Waals surface area (Å²) >= 11 is 1.65. The molecule has 3 heterocycles. The highest BCUT2D eigenvalue weighted by Gasteiger charge is 2.21. The van der Waals surface area contributed by atoms with Crippen molar-refractivity contribution in [1.29, 1.82) is 0 Å². The number of rotatable bonds is 5. The number of piperazine rings is 1. The molecule has 1 aliphatic rings. The van der Waals surface area contributed by atoms with Crippen molar-refractivity contribution in [3.63, 3.8) is 0 Å². The third kappa shape index (κ3) is 3.34. The Kier molecular flexibility index (Phi) is 4.69. The first kappa shape index (κ1) is 17.1. The van der Waals surface area contributed by atoms with Crippen molar-refractivity contribution < 1.29 is 9.47 Å². The van der Waals surface area contributed by atoms with Crippen molar-refractivity contribution in [2.45, 2.75) is 13.5 Å². The minimum atomic E-state index is 0.856. The molecule has 0 N–H and O–H groups in total. The molecule has 0 bridgehead atoms. The molecule has 0 aliphatic carbocycles. The molecule has 7 nitrogen and oxygen atoms in total. The number of hydrogen-bond donors (Lipinski definition) is 0. The van der Waals surface area contributed by atoms with Gasteiger partial charge in [0.15, 0.2) is 0 Å². The number of ether oxygens (including phenoxy) is 2. The molecule has 1 aromatic carbocycles. The second-order valence-corrected chi connectivity index (χ2v) is 7.37. The van der Waals surface area contributed by atoms with E-state index in [9.17, 15) is 0 Å². The number of aromatic nitrogens is 3. The molecule has 0 atom stereocenters. The van der Waals surface area contributed by atoms with E-state index in [2.05, 4.69) is 25.9 Å². The summed E-state index contributed by atoms with van der Waals surface area (Å²) in [6, 6.07) is 5.96. The molecule has 0 spiro atoms. The lowest BCUT2D eigenvalue weighted by molar-refractivity contribution is 0.245. The first-order valence-corrected chi connectivity index (χ1v) is 9.49. The summed E-state index contributed by atoms with van der Waals surface area (Å²) in [7, 11) is 3.40. The van der Waals surface area contributed by atoms with E-state index >= 15 is 0 Å². The molecule has 138 valence electrons. The van der Waals surface area contributed by atoms with Gasteiger partial charge in [-0.25, -0.2) is 9.50 Å². The van der Waals surface area contributed by atoms with Crippen LogP contribution in [0.4, 0.5) is 5.13 Å². The average Bonchev–Trinajstić information content (AvgIpc) is 3.19. The Morgan fingerprint density at radius 1 is 1.12 bits per heavy atom. The third-order valence-corrected chi connectivity index (χ3v) is 5.66. The van der Waals surface area contributed by atoms with Gasteiger partial charge in [-0.3, -0.25) is 4.90 Å². The van der Waals surface area contributed by atoms with Crippen LogP contribution in [-0.2, 0) is 6.54 Å². The molecule has 3 aromatic rings. The molecular formula is C18H23N5O2S. The van der Waals surface area contributed by atoms with Crippen LogP contribution in [0, 0.1) is 6.92 Å². The monoisotopic (exact) mass is 373 g/mol. The van der Waals surface area contributed by atoms with E-state index in [1.807, 2.05) is 29.8 Å². The van der Waals surface area contributed by atoms with Gasteiger partial charge in [0.2, 0.25) is 10.1 Å². The van der Waals surface area contributed by atoms with Gasteiger partial charge in [0.25, 0.3) is 0 Å². The molecular weight excluding hydrogens is 350 g/mol. The molecule has 0 saturated carbocycles. The van der Waals surface area contributed by atoms with Crippen molar-refractivity contribution in [3.8, 4) is 11.5 Å². The van der Waals surface area contributed by atoms with Crippen molar-refractivity contribution in [2.75, 3.05) is 45.3 Å². The summed E-state index contributed by atoms with van der Waals surface area (Å²) in [6.45, 7) is 6.74. The lowest BCUT2D eigenvalue weighted by atomic mass is 10.1. The first-order valence-electron chi connectivity index (χ1n) is 8.67. The molecule has 8 heteroatoms. The molecule has 1 aliphatic heterocycles. The van der Waals surface area contributed by atoms with Gasteiger partial charge < -0.3 is 14.4 Å². The largest absolute Gasteiger partial charge is 0.497 e. The molecule has 0 amide bonds. The van der Waals surface area contributed by atoms with Crippen LogP contribution >= 0.6 is 11.3 Å². The molecule has 0 radical (unpaired) electrons. The van der Waals surface area contributed by atoms with Crippen LogP contribution in [0.15, 0.2) is 24.4 Å². The van der Waals surface area contributed by atoms with Crippen LogP contribution in [0.2, 0.25) is 0 Å². The quantitative estimate of drug-likeness (QED) is 0.685. The van der Waals surface area contributed by atoms with Crippen molar-refractivity contribution in [2.24, 2.45) is 0 Å². The van der Waals surface area contributed by atoms with Gasteiger partial charge in [-0.05, 0) is 25.1 Å². The van der Waals surface area contributed by atoms with E-state index in [1.54, 1.807) is 25.6 Å². The summed E-state index contributed by atoms with van der Waals surface area (Å²) in [4.78, 5) is 10.2. The Bertz CT molecular complexity index is 867. The Labute approximate surface area is 156 Å². The minimum absolute atomic E-state index is 0.856. The Morgan fingerprint density at radius 2 is 1.92 bits per heavy atom. The number of imidazole rings is 1. The number of benzene rings is 1. The summed E-state index contributed by atoms with van der Waals surface area (Å²) in [5, 5.41) is 5.71. The van der Waals surface area contributed by atoms with Crippen LogP contribution in [-0.4, -0.2) is 59.9 Å². The first-order chi connectivity index (χ1) is 12.7. The van der Waals surface area contributed by atoms with Crippen LogP contribution in [0.3, 0.4) is 0 Å². The molecule has 1 fully saturated rings. The number of hydrogen-bond acceptors (Lipinski definition) is 7. The molecule has 26 heavy (non-hydrogen) atoms. The summed E-state index contributed by atoms with van der Waals surface area (Å²) in [5.41, 5.74) is 2.16. The van der Waals surface area contributed by atoms with Crippen LogP contribution in [0.5, 0.6) is 11.5 Å². The second kappa shape index (κ2) is 7.13. The summed E-state index contributed by atoms with van der Waals surface area (Å²) in [6.07, 6.45) is 1.97. The number of methoxy groups -OCH3 is 2. The zero-order chi connectivity index (χ0) is 18.1. The van der Waals surface area contributed by atoms with Crippen molar-refractivity contribution >= 4 is 21.4 Å². The highest BCUT2D eigenvalue weighted by molar-refractivity contribution is 7.20. The normalized spacial score (nSPS) is 15.6. The fraction of sp³-hybridized carbons (Fsp3) is 0.444. The van der Waals surface area contributed by atoms with Crippen LogP contribution < -0.4 is 14.4 Å². The molecule has 1 saturated heterocycles. The van der Waals surface area contributed by atoms with Gasteiger partial charge in [-0.15, -0.1) is 5.10 Å². The SMILES string of the molecule is COc1ccc(OC)c(CN2CCN(c3nn4cc(C)nc4s3)CC2)c1. The molecule has 0 unspecified atom stereocenters. The number of aryl methyl sites for hydroxylation is 1. The van der Waals surface area contributed by atoms with E-state index in [0.717, 1.165) is 65.6 Å². The van der Waals surface area contributed by atoms with E-state index < -0.39 is 0 Å². The average molecular weight is 373 g/mol. The predicted octanol–water partition coefficient (Wildman–Crippen LogP) is 2.44. The maximum atomic E-state index is 5.50. The van der Waals surface area contributed by atoms with Gasteiger partial charge in [0, 0.05) is 38.3 Å². The van der Waals surface area contributed by atoms with E-state index in [-0.39, 0.29) is 0 Å². The smallest absolute Gasteiger partial charge is 0.214 e. The van der Waals surface area contributed by atoms with Crippen LogP contribution in [0.1, 0.15) is 11.3 Å². The Balaban J connectivity index is 1.41. The molecule has 4 rings (SSSR count). The maximum Gasteiger partial charge on any atom is 0.214 e. The minimum Gasteiger partial charge on any atom is -0.497 e. The van der Waals surface area contributed by atoms with Gasteiger partial charge >= 0.3 is 0 Å². The lowest BCUT2D eigenvalue weighted by Gasteiger charge is -2.34. The number of nitrogens with zero attached hydrogens (tertiary/aromatic N) is 5. The van der Waals surface area contributed by atoms with Crippen LogP contribution in [0.25, 0.3) is 4.96 Å². The van der Waals surface area contributed by atoms with Gasteiger partial charge in [-0.1, -0.05) is 11.3 Å². The van der Waals surface area contributed by atoms with Gasteiger partial charge in [0.1, 0.15) is 11.5 Å². The van der Waals surface area contributed by atoms with Crippen molar-refractivity contribution in [1.82, 2.24) is 19.5 Å². The number of fused-ring (bicyclic) bond motifs is 1. The standard InChI is InChI=1S/C18H23N5O2S/c1-13-11-23-17(19-13)26-18(20-23)22-8-6-21(7-9-22)12-14-10-15(24-2)4-5-16(14)25-3/h4-5,10-11H,6-9,12H2,1-3H3. The topological polar surface area (TPSA) is 55.1 Å². The van der Waals surface area contributed by atoms with E-state index in [4.69, 9.17) is 9.47 Å². The third-order valence-electron chi connectivity index (χ3n) is 4.68. The summed E-state index contributed by atoms with van der Waals surface area (Å²) in [5.74, 6) is 1.77.